The van der Waals surface area contributed by atoms with Crippen LogP contribution in [0.15, 0.2) is 30.7 Å². The standard InChI is InChI=1S/C13H16N6/c1-18(7-5-11-4-3-6-15-11)12-8-13(17-10-16-12)19(2)9-14/h3-4,6,8,10,15H,5,7H2,1-2H3. The Kier molecular flexibility index (Phi) is 3.98. The Bertz CT molecular complexity index is 557. The molecule has 0 aliphatic carbocycles. The van der Waals surface area contributed by atoms with E-state index in [9.17, 15) is 0 Å². The Morgan fingerprint density at radius 3 is 2.79 bits per heavy atom. The molecule has 19 heavy (non-hydrogen) atoms. The zero-order valence-electron chi connectivity index (χ0n) is 11.0. The van der Waals surface area contributed by atoms with Gasteiger partial charge in [-0.1, -0.05) is 0 Å². The monoisotopic (exact) mass is 256 g/mol. The Balaban J connectivity index is 2.02. The summed E-state index contributed by atoms with van der Waals surface area (Å²) in [5, 5.41) is 8.84. The molecular weight excluding hydrogens is 240 g/mol. The van der Waals surface area contributed by atoms with Crippen LogP contribution in [0.3, 0.4) is 0 Å². The van der Waals surface area contributed by atoms with E-state index in [1.807, 2.05) is 30.4 Å². The Morgan fingerprint density at radius 2 is 2.11 bits per heavy atom. The summed E-state index contributed by atoms with van der Waals surface area (Å²) in [5.41, 5.74) is 1.19. The molecule has 0 amide bonds. The predicted molar refractivity (Wildman–Crippen MR) is 73.8 cm³/mol. The molecule has 0 spiro atoms. The zero-order valence-corrected chi connectivity index (χ0v) is 11.0. The number of likely N-dealkylation sites (N-methyl/N-ethyl adjacent to an activating group) is 1. The number of nitrogens with zero attached hydrogens (tertiary/aromatic N) is 5. The Morgan fingerprint density at radius 1 is 1.32 bits per heavy atom. The van der Waals surface area contributed by atoms with Crippen molar-refractivity contribution >= 4 is 11.6 Å². The van der Waals surface area contributed by atoms with Gasteiger partial charge in [0.1, 0.15) is 18.0 Å². The van der Waals surface area contributed by atoms with E-state index in [1.54, 1.807) is 13.1 Å². The van der Waals surface area contributed by atoms with Gasteiger partial charge in [0.25, 0.3) is 0 Å². The normalized spacial score (nSPS) is 9.95. The molecule has 6 nitrogen and oxygen atoms in total. The van der Waals surface area contributed by atoms with Gasteiger partial charge >= 0.3 is 0 Å². The molecule has 0 saturated heterocycles. The SMILES string of the molecule is CN(C#N)c1cc(N(C)CCc2ccc[nH]2)ncn1. The first-order valence-electron chi connectivity index (χ1n) is 5.99. The van der Waals surface area contributed by atoms with Gasteiger partial charge in [-0.2, -0.15) is 5.26 Å². The number of hydrogen-bond donors (Lipinski definition) is 1. The average molecular weight is 256 g/mol. The minimum absolute atomic E-state index is 0.597. The molecule has 6 heteroatoms. The lowest BCUT2D eigenvalue weighted by molar-refractivity contribution is 0.840. The van der Waals surface area contributed by atoms with Crippen LogP contribution < -0.4 is 9.80 Å². The van der Waals surface area contributed by atoms with Crippen molar-refractivity contribution in [3.63, 3.8) is 0 Å². The van der Waals surface area contributed by atoms with E-state index in [0.717, 1.165) is 18.8 Å². The maximum atomic E-state index is 8.84. The minimum Gasteiger partial charge on any atom is -0.365 e. The molecule has 0 fully saturated rings. The van der Waals surface area contributed by atoms with Crippen LogP contribution in [0.1, 0.15) is 5.69 Å². The molecule has 2 aromatic rings. The van der Waals surface area contributed by atoms with Crippen molar-refractivity contribution in [2.75, 3.05) is 30.4 Å². The number of H-pyrrole nitrogens is 1. The van der Waals surface area contributed by atoms with Gasteiger partial charge in [0.05, 0.1) is 0 Å². The van der Waals surface area contributed by atoms with Crippen LogP contribution in [0.2, 0.25) is 0 Å². The van der Waals surface area contributed by atoms with E-state index in [0.29, 0.717) is 5.82 Å². The van der Waals surface area contributed by atoms with Crippen LogP contribution in [0.4, 0.5) is 11.6 Å². The third kappa shape index (κ3) is 3.22. The maximum Gasteiger partial charge on any atom is 0.185 e. The fourth-order valence-electron chi connectivity index (χ4n) is 1.71. The molecular formula is C13H16N6. The highest BCUT2D eigenvalue weighted by atomic mass is 15.2. The van der Waals surface area contributed by atoms with Gasteiger partial charge in [-0.25, -0.2) is 9.97 Å². The average Bonchev–Trinajstić information content (AvgIpc) is 2.97. The second kappa shape index (κ2) is 5.87. The van der Waals surface area contributed by atoms with Gasteiger partial charge in [0.15, 0.2) is 6.19 Å². The van der Waals surface area contributed by atoms with E-state index < -0.39 is 0 Å². The highest BCUT2D eigenvalue weighted by molar-refractivity contribution is 5.51. The quantitative estimate of drug-likeness (QED) is 0.646. The number of rotatable bonds is 5. The van der Waals surface area contributed by atoms with Crippen molar-refractivity contribution in [3.8, 4) is 6.19 Å². The van der Waals surface area contributed by atoms with Crippen LogP contribution in [-0.2, 0) is 6.42 Å². The molecule has 0 aromatic carbocycles. The number of hydrogen-bond acceptors (Lipinski definition) is 5. The first-order chi connectivity index (χ1) is 9.20. The second-order valence-electron chi connectivity index (χ2n) is 4.26. The topological polar surface area (TPSA) is 71.8 Å². The van der Waals surface area contributed by atoms with E-state index in [-0.39, 0.29) is 0 Å². The van der Waals surface area contributed by atoms with Crippen molar-refractivity contribution in [1.29, 1.82) is 5.26 Å². The Hall–Kier alpha value is -2.55. The molecule has 1 N–H and O–H groups in total. The number of nitriles is 1. The number of nitrogens with one attached hydrogen (secondary N) is 1. The summed E-state index contributed by atoms with van der Waals surface area (Å²) in [5.74, 6) is 1.40. The van der Waals surface area contributed by atoms with Crippen LogP contribution in [0, 0.1) is 11.5 Å². The molecule has 0 unspecified atom stereocenters. The smallest absolute Gasteiger partial charge is 0.185 e. The van der Waals surface area contributed by atoms with E-state index in [2.05, 4.69) is 21.0 Å². The number of anilines is 2. The zero-order chi connectivity index (χ0) is 13.7. The van der Waals surface area contributed by atoms with Gasteiger partial charge in [-0.05, 0) is 12.1 Å². The molecule has 2 aromatic heterocycles. The van der Waals surface area contributed by atoms with Gasteiger partial charge in [-0.3, -0.25) is 4.90 Å². The molecule has 0 aliphatic heterocycles. The van der Waals surface area contributed by atoms with Gasteiger partial charge in [0, 0.05) is 45.0 Å². The van der Waals surface area contributed by atoms with Crippen molar-refractivity contribution < 1.29 is 0 Å². The first-order valence-corrected chi connectivity index (χ1v) is 5.99. The third-order valence-electron chi connectivity index (χ3n) is 2.90. The largest absolute Gasteiger partial charge is 0.365 e. The fraction of sp³-hybridized carbons (Fsp3) is 0.308. The van der Waals surface area contributed by atoms with E-state index in [1.165, 1.54) is 16.9 Å². The summed E-state index contributed by atoms with van der Waals surface area (Å²) in [6, 6.07) is 5.85. The lowest BCUT2D eigenvalue weighted by atomic mass is 10.3. The van der Waals surface area contributed by atoms with Gasteiger partial charge < -0.3 is 9.88 Å². The second-order valence-corrected chi connectivity index (χ2v) is 4.26. The van der Waals surface area contributed by atoms with E-state index >= 15 is 0 Å². The molecule has 0 bridgehead atoms. The summed E-state index contributed by atoms with van der Waals surface area (Å²) in [6.07, 6.45) is 6.33. The van der Waals surface area contributed by atoms with E-state index in [4.69, 9.17) is 5.26 Å². The van der Waals surface area contributed by atoms with Crippen LogP contribution >= 0.6 is 0 Å². The molecule has 98 valence electrons. The van der Waals surface area contributed by atoms with Crippen LogP contribution in [0.25, 0.3) is 0 Å². The third-order valence-corrected chi connectivity index (χ3v) is 2.90. The summed E-state index contributed by atoms with van der Waals surface area (Å²) >= 11 is 0. The number of aromatic amines is 1. The fourth-order valence-corrected chi connectivity index (χ4v) is 1.71. The molecule has 0 atom stereocenters. The highest BCUT2D eigenvalue weighted by Crippen LogP contribution is 2.15. The summed E-state index contributed by atoms with van der Waals surface area (Å²) in [7, 11) is 3.65. The lowest BCUT2D eigenvalue weighted by Gasteiger charge is -2.18. The van der Waals surface area contributed by atoms with Crippen molar-refractivity contribution in [2.45, 2.75) is 6.42 Å². The Labute approximate surface area is 112 Å². The van der Waals surface area contributed by atoms with Crippen LogP contribution in [0.5, 0.6) is 0 Å². The first kappa shape index (κ1) is 12.9. The molecule has 2 heterocycles. The molecule has 0 radical (unpaired) electrons. The maximum absolute atomic E-state index is 8.84. The molecule has 0 aliphatic rings. The molecule has 2 rings (SSSR count). The summed E-state index contributed by atoms with van der Waals surface area (Å²) in [4.78, 5) is 14.9. The highest BCUT2D eigenvalue weighted by Gasteiger charge is 2.07. The van der Waals surface area contributed by atoms with Gasteiger partial charge in [0.2, 0.25) is 0 Å². The van der Waals surface area contributed by atoms with Crippen molar-refractivity contribution in [2.24, 2.45) is 0 Å². The van der Waals surface area contributed by atoms with Gasteiger partial charge in [-0.15, -0.1) is 0 Å². The summed E-state index contributed by atoms with van der Waals surface area (Å²) < 4.78 is 0. The lowest BCUT2D eigenvalue weighted by Crippen LogP contribution is -2.22. The summed E-state index contributed by atoms with van der Waals surface area (Å²) in [6.45, 7) is 0.841. The molecule has 0 saturated carbocycles. The van der Waals surface area contributed by atoms with Crippen molar-refractivity contribution in [1.82, 2.24) is 15.0 Å². The van der Waals surface area contributed by atoms with Crippen LogP contribution in [-0.4, -0.2) is 35.6 Å². The number of aromatic nitrogens is 3. The minimum atomic E-state index is 0.597. The predicted octanol–water partition coefficient (Wildman–Crippen LogP) is 1.40. The van der Waals surface area contributed by atoms with Crippen molar-refractivity contribution in [3.05, 3.63) is 36.4 Å².